The standard InChI is InChI=1S/C21H24N2O3/c1-13(16-8-4-6-14-5-2-3-7-17(14)16)22-20(24)12-23-15-9-10-19(23)18(11-15)21(25)26/h2-8,13,15,18-19H,9-12H2,1H3,(H,22,24)(H,25,26). The molecule has 136 valence electrons. The molecule has 2 aliphatic heterocycles. The summed E-state index contributed by atoms with van der Waals surface area (Å²) in [6, 6.07) is 14.4. The Balaban J connectivity index is 1.44. The Morgan fingerprint density at radius 1 is 1.19 bits per heavy atom. The summed E-state index contributed by atoms with van der Waals surface area (Å²) >= 11 is 0. The summed E-state index contributed by atoms with van der Waals surface area (Å²) in [5.41, 5.74) is 1.10. The number of benzene rings is 2. The largest absolute Gasteiger partial charge is 0.481 e. The molecule has 4 atom stereocenters. The summed E-state index contributed by atoms with van der Waals surface area (Å²) in [4.78, 5) is 26.1. The average Bonchev–Trinajstić information content (AvgIpc) is 3.18. The fraction of sp³-hybridized carbons (Fsp3) is 0.429. The number of carbonyl (C=O) groups is 2. The Labute approximate surface area is 153 Å². The molecule has 0 radical (unpaired) electrons. The van der Waals surface area contributed by atoms with Crippen LogP contribution >= 0.6 is 0 Å². The summed E-state index contributed by atoms with van der Waals surface area (Å²) < 4.78 is 0. The molecule has 2 aromatic rings. The highest BCUT2D eigenvalue weighted by Crippen LogP contribution is 2.41. The van der Waals surface area contributed by atoms with Gasteiger partial charge in [0.25, 0.3) is 0 Å². The Morgan fingerprint density at radius 2 is 1.96 bits per heavy atom. The predicted octanol–water partition coefficient (Wildman–Crippen LogP) is 2.95. The first kappa shape index (κ1) is 17.0. The molecule has 2 bridgehead atoms. The molecule has 4 rings (SSSR count). The summed E-state index contributed by atoms with van der Waals surface area (Å²) in [6.07, 6.45) is 2.56. The fourth-order valence-corrected chi connectivity index (χ4v) is 4.77. The molecular formula is C21H24N2O3. The van der Waals surface area contributed by atoms with Crippen molar-refractivity contribution in [3.05, 3.63) is 48.0 Å². The average molecular weight is 352 g/mol. The van der Waals surface area contributed by atoms with Gasteiger partial charge in [0, 0.05) is 12.1 Å². The first-order valence-corrected chi connectivity index (χ1v) is 9.30. The molecule has 2 heterocycles. The van der Waals surface area contributed by atoms with E-state index in [2.05, 4.69) is 28.4 Å². The van der Waals surface area contributed by atoms with Gasteiger partial charge < -0.3 is 10.4 Å². The van der Waals surface area contributed by atoms with E-state index in [1.165, 1.54) is 0 Å². The van der Waals surface area contributed by atoms with Crippen LogP contribution < -0.4 is 5.32 Å². The lowest BCUT2D eigenvalue weighted by Gasteiger charge is -2.24. The van der Waals surface area contributed by atoms with Crippen molar-refractivity contribution < 1.29 is 14.7 Å². The van der Waals surface area contributed by atoms with Crippen LogP contribution in [0.5, 0.6) is 0 Å². The zero-order chi connectivity index (χ0) is 18.3. The third kappa shape index (κ3) is 2.97. The topological polar surface area (TPSA) is 69.6 Å². The zero-order valence-corrected chi connectivity index (χ0v) is 14.9. The van der Waals surface area contributed by atoms with Crippen LogP contribution in [0.2, 0.25) is 0 Å². The van der Waals surface area contributed by atoms with Gasteiger partial charge in [-0.2, -0.15) is 0 Å². The van der Waals surface area contributed by atoms with Gasteiger partial charge in [0.2, 0.25) is 5.91 Å². The summed E-state index contributed by atoms with van der Waals surface area (Å²) in [5, 5.41) is 14.8. The molecule has 2 aliphatic rings. The molecule has 2 aromatic carbocycles. The van der Waals surface area contributed by atoms with Crippen LogP contribution in [-0.2, 0) is 9.59 Å². The maximum Gasteiger partial charge on any atom is 0.308 e. The number of hydrogen-bond acceptors (Lipinski definition) is 3. The molecule has 0 saturated carbocycles. The Kier molecular flexibility index (Phi) is 4.41. The van der Waals surface area contributed by atoms with Gasteiger partial charge >= 0.3 is 5.97 Å². The van der Waals surface area contributed by atoms with E-state index < -0.39 is 5.97 Å². The number of nitrogens with one attached hydrogen (secondary N) is 1. The molecule has 2 saturated heterocycles. The van der Waals surface area contributed by atoms with Crippen LogP contribution in [0.1, 0.15) is 37.8 Å². The van der Waals surface area contributed by atoms with Gasteiger partial charge in [-0.1, -0.05) is 42.5 Å². The molecule has 5 nitrogen and oxygen atoms in total. The van der Waals surface area contributed by atoms with Gasteiger partial charge in [-0.05, 0) is 42.5 Å². The quantitative estimate of drug-likeness (QED) is 0.868. The minimum Gasteiger partial charge on any atom is -0.481 e. The van der Waals surface area contributed by atoms with Gasteiger partial charge in [-0.3, -0.25) is 14.5 Å². The highest BCUT2D eigenvalue weighted by molar-refractivity contribution is 5.87. The molecule has 5 heteroatoms. The van der Waals surface area contributed by atoms with Crippen molar-refractivity contribution in [2.75, 3.05) is 6.54 Å². The lowest BCUT2D eigenvalue weighted by molar-refractivity contribution is -0.143. The van der Waals surface area contributed by atoms with E-state index in [1.54, 1.807) is 0 Å². The van der Waals surface area contributed by atoms with Crippen LogP contribution in [0.3, 0.4) is 0 Å². The highest BCUT2D eigenvalue weighted by Gasteiger charge is 2.49. The minimum atomic E-state index is -0.730. The molecule has 26 heavy (non-hydrogen) atoms. The maximum absolute atomic E-state index is 12.6. The van der Waals surface area contributed by atoms with Gasteiger partial charge in [-0.15, -0.1) is 0 Å². The molecule has 0 aromatic heterocycles. The number of carbonyl (C=O) groups excluding carboxylic acids is 1. The number of rotatable bonds is 5. The zero-order valence-electron chi connectivity index (χ0n) is 14.9. The number of amides is 1. The second kappa shape index (κ2) is 6.72. The minimum absolute atomic E-state index is 0.0103. The van der Waals surface area contributed by atoms with Gasteiger partial charge in [0.15, 0.2) is 0 Å². The second-order valence-corrected chi connectivity index (χ2v) is 7.51. The van der Waals surface area contributed by atoms with Crippen molar-refractivity contribution >= 4 is 22.6 Å². The number of carboxylic acids is 1. The van der Waals surface area contributed by atoms with Crippen LogP contribution in [0.15, 0.2) is 42.5 Å². The van der Waals surface area contributed by atoms with E-state index in [-0.39, 0.29) is 36.5 Å². The number of carboxylic acid groups (broad SMARTS) is 1. The lowest BCUT2D eigenvalue weighted by Crippen LogP contribution is -2.41. The van der Waals surface area contributed by atoms with Crippen LogP contribution in [0.25, 0.3) is 10.8 Å². The Bertz CT molecular complexity index is 845. The first-order valence-electron chi connectivity index (χ1n) is 9.30. The van der Waals surface area contributed by atoms with E-state index in [0.717, 1.165) is 29.2 Å². The van der Waals surface area contributed by atoms with Gasteiger partial charge in [0.05, 0.1) is 18.5 Å². The van der Waals surface area contributed by atoms with E-state index in [0.29, 0.717) is 6.42 Å². The highest BCUT2D eigenvalue weighted by atomic mass is 16.4. The molecule has 2 fully saturated rings. The molecule has 4 unspecified atom stereocenters. The third-order valence-electron chi connectivity index (χ3n) is 5.99. The van der Waals surface area contributed by atoms with Crippen molar-refractivity contribution in [3.8, 4) is 0 Å². The van der Waals surface area contributed by atoms with Crippen molar-refractivity contribution in [2.45, 2.75) is 44.3 Å². The van der Waals surface area contributed by atoms with Gasteiger partial charge in [0.1, 0.15) is 0 Å². The molecule has 2 N–H and O–H groups in total. The first-order chi connectivity index (χ1) is 12.5. The summed E-state index contributed by atoms with van der Waals surface area (Å²) in [7, 11) is 0. The second-order valence-electron chi connectivity index (χ2n) is 7.51. The van der Waals surface area contributed by atoms with Crippen molar-refractivity contribution in [1.82, 2.24) is 10.2 Å². The summed E-state index contributed by atoms with van der Waals surface area (Å²) in [5.74, 6) is -1.09. The van der Waals surface area contributed by atoms with Crippen molar-refractivity contribution in [2.24, 2.45) is 5.92 Å². The fourth-order valence-electron chi connectivity index (χ4n) is 4.77. The summed E-state index contributed by atoms with van der Waals surface area (Å²) in [6.45, 7) is 2.28. The maximum atomic E-state index is 12.6. The Hall–Kier alpha value is -2.40. The third-order valence-corrected chi connectivity index (χ3v) is 5.99. The number of fused-ring (bicyclic) bond motifs is 3. The molecule has 1 amide bonds. The molecule has 0 aliphatic carbocycles. The number of nitrogens with zero attached hydrogens (tertiary/aromatic N) is 1. The smallest absolute Gasteiger partial charge is 0.308 e. The molecular weight excluding hydrogens is 328 g/mol. The monoisotopic (exact) mass is 352 g/mol. The van der Waals surface area contributed by atoms with E-state index in [4.69, 9.17) is 0 Å². The van der Waals surface area contributed by atoms with Crippen LogP contribution in [0, 0.1) is 5.92 Å². The van der Waals surface area contributed by atoms with Crippen LogP contribution in [0.4, 0.5) is 0 Å². The van der Waals surface area contributed by atoms with E-state index in [1.807, 2.05) is 31.2 Å². The van der Waals surface area contributed by atoms with Crippen molar-refractivity contribution in [1.29, 1.82) is 0 Å². The van der Waals surface area contributed by atoms with E-state index in [9.17, 15) is 14.7 Å². The van der Waals surface area contributed by atoms with Crippen molar-refractivity contribution in [3.63, 3.8) is 0 Å². The number of hydrogen-bond donors (Lipinski definition) is 2. The molecule has 0 spiro atoms. The Morgan fingerprint density at radius 3 is 2.73 bits per heavy atom. The lowest BCUT2D eigenvalue weighted by atomic mass is 9.89. The normalized spacial score (nSPS) is 26.1. The van der Waals surface area contributed by atoms with Crippen LogP contribution in [-0.4, -0.2) is 40.5 Å². The van der Waals surface area contributed by atoms with Gasteiger partial charge in [-0.25, -0.2) is 0 Å². The SMILES string of the molecule is CC(NC(=O)CN1C2CCC1C(C(=O)O)C2)c1cccc2ccccc12. The predicted molar refractivity (Wildman–Crippen MR) is 99.8 cm³/mol. The number of aliphatic carboxylic acids is 1. The van der Waals surface area contributed by atoms with E-state index >= 15 is 0 Å².